The number of hydrogen-bond acceptors (Lipinski definition) is 8. The molecule has 0 aliphatic carbocycles. The molecular weight excluding hydrogens is 1030 g/mol. The number of allylic oxidation sites excluding steroid dienone is 8. The van der Waals surface area contributed by atoms with E-state index in [0.29, 0.717) is 6.42 Å². The first-order chi connectivity index (χ1) is 39.8. The van der Waals surface area contributed by atoms with E-state index in [1.807, 2.05) is 0 Å². The molecule has 10 heteroatoms. The maximum atomic E-state index is 12.8. The number of unbranched alkanes of at least 4 members (excludes halogenated alkanes) is 46. The van der Waals surface area contributed by atoms with Crippen LogP contribution in [0, 0.1) is 0 Å². The SMILES string of the molecule is CCCCCCC/C=C\C/C=C\C/C=C\CCCCCCCCCCCCCCCCCCCCCCCCC(=O)OC(COC(=O)CCCCCCCCCCCCC/C=C\CCCCCCCCCC)COP(=O)(O)OCCN. The van der Waals surface area contributed by atoms with Crippen LogP contribution in [-0.4, -0.2) is 49.3 Å². The molecule has 9 nitrogen and oxygen atoms in total. The molecule has 0 fully saturated rings. The first kappa shape index (κ1) is 79.0. The van der Waals surface area contributed by atoms with Crippen molar-refractivity contribution in [3.05, 3.63) is 48.6 Å². The summed E-state index contributed by atoms with van der Waals surface area (Å²) in [5, 5.41) is 0. The van der Waals surface area contributed by atoms with Gasteiger partial charge in [0.15, 0.2) is 6.10 Å². The van der Waals surface area contributed by atoms with E-state index >= 15 is 0 Å². The Morgan fingerprint density at radius 3 is 0.963 bits per heavy atom. The summed E-state index contributed by atoms with van der Waals surface area (Å²) in [6, 6.07) is 0. The van der Waals surface area contributed by atoms with Crippen LogP contribution in [0.3, 0.4) is 0 Å². The van der Waals surface area contributed by atoms with E-state index in [-0.39, 0.29) is 38.6 Å². The zero-order valence-corrected chi connectivity index (χ0v) is 54.4. The summed E-state index contributed by atoms with van der Waals surface area (Å²) in [5.41, 5.74) is 5.40. The number of nitrogens with two attached hydrogens (primary N) is 1. The summed E-state index contributed by atoms with van der Waals surface area (Å²) in [6.07, 6.45) is 85.0. The number of esters is 2. The summed E-state index contributed by atoms with van der Waals surface area (Å²) < 4.78 is 33.2. The number of rotatable bonds is 67. The Kier molecular flexibility index (Phi) is 65.4. The van der Waals surface area contributed by atoms with Crippen molar-refractivity contribution < 1.29 is 37.6 Å². The Bertz CT molecular complexity index is 1470. The predicted molar refractivity (Wildman–Crippen MR) is 349 cm³/mol. The molecule has 0 aliphatic rings. The molecule has 0 radical (unpaired) electrons. The largest absolute Gasteiger partial charge is 0.472 e. The Labute approximate surface area is 502 Å². The first-order valence-corrected chi connectivity index (χ1v) is 36.6. The van der Waals surface area contributed by atoms with Gasteiger partial charge in [0.1, 0.15) is 6.61 Å². The maximum Gasteiger partial charge on any atom is 0.472 e. The third-order valence-corrected chi connectivity index (χ3v) is 16.7. The third-order valence-electron chi connectivity index (χ3n) is 15.7. The van der Waals surface area contributed by atoms with Crippen molar-refractivity contribution >= 4 is 19.8 Å². The number of phosphoric acid groups is 1. The lowest BCUT2D eigenvalue weighted by atomic mass is 10.0. The van der Waals surface area contributed by atoms with Crippen molar-refractivity contribution in [2.75, 3.05) is 26.4 Å². The van der Waals surface area contributed by atoms with Crippen LogP contribution in [0.4, 0.5) is 0 Å². The lowest BCUT2D eigenvalue weighted by Gasteiger charge is -2.19. The molecule has 0 aliphatic heterocycles. The van der Waals surface area contributed by atoms with E-state index < -0.39 is 26.5 Å². The number of carbonyl (C=O) groups is 2. The molecule has 0 bridgehead atoms. The second kappa shape index (κ2) is 67.1. The minimum Gasteiger partial charge on any atom is -0.462 e. The molecule has 0 saturated carbocycles. The number of ether oxygens (including phenoxy) is 2. The number of hydrogen-bond donors (Lipinski definition) is 2. The van der Waals surface area contributed by atoms with Crippen LogP contribution in [0.5, 0.6) is 0 Å². The molecule has 2 atom stereocenters. The van der Waals surface area contributed by atoms with Crippen LogP contribution in [0.25, 0.3) is 0 Å². The molecule has 0 rings (SSSR count). The summed E-state index contributed by atoms with van der Waals surface area (Å²) in [4.78, 5) is 35.3. The minimum atomic E-state index is -4.39. The predicted octanol–water partition coefficient (Wildman–Crippen LogP) is 22.9. The van der Waals surface area contributed by atoms with Crippen molar-refractivity contribution in [3.8, 4) is 0 Å². The highest BCUT2D eigenvalue weighted by Gasteiger charge is 2.26. The molecule has 476 valence electrons. The van der Waals surface area contributed by atoms with Crippen molar-refractivity contribution in [3.63, 3.8) is 0 Å². The van der Waals surface area contributed by atoms with Gasteiger partial charge in [0.05, 0.1) is 13.2 Å². The van der Waals surface area contributed by atoms with E-state index in [9.17, 15) is 19.0 Å². The molecule has 0 aromatic rings. The van der Waals surface area contributed by atoms with Gasteiger partial charge in [-0.1, -0.05) is 319 Å². The third kappa shape index (κ3) is 67.0. The monoisotopic (exact) mass is 1160 g/mol. The maximum absolute atomic E-state index is 12.8. The highest BCUT2D eigenvalue weighted by Crippen LogP contribution is 2.43. The molecule has 0 saturated heterocycles. The van der Waals surface area contributed by atoms with Gasteiger partial charge in [-0.3, -0.25) is 18.6 Å². The topological polar surface area (TPSA) is 134 Å². The van der Waals surface area contributed by atoms with Gasteiger partial charge in [0.25, 0.3) is 0 Å². The zero-order chi connectivity index (χ0) is 58.7. The van der Waals surface area contributed by atoms with Gasteiger partial charge in [0.2, 0.25) is 0 Å². The standard InChI is InChI=1S/C71H134NO8P/c1-3-5-7-9-11-13-15-17-19-21-23-25-27-28-29-30-31-32-33-34-35-36-37-38-39-40-42-44-46-48-50-52-54-56-58-60-62-64-71(74)80-69(68-79-81(75,76)78-66-65-72)67-77-70(73)63-61-59-57-55-53-51-49-47-45-43-41-26-24-22-20-18-16-14-12-10-8-6-4-2/h15,17,21-24,27-28,69H,3-14,16,18-20,25-26,29-68,72H2,1-2H3,(H,75,76)/b17-15-,23-21-,24-22-,28-27-. The summed E-state index contributed by atoms with van der Waals surface area (Å²) >= 11 is 0. The number of carbonyl (C=O) groups excluding carboxylic acids is 2. The van der Waals surface area contributed by atoms with Gasteiger partial charge in [-0.15, -0.1) is 0 Å². The molecule has 0 amide bonds. The van der Waals surface area contributed by atoms with Crippen molar-refractivity contribution in [1.82, 2.24) is 0 Å². The average Bonchev–Trinajstić information content (AvgIpc) is 3.46. The fourth-order valence-electron chi connectivity index (χ4n) is 10.5. The van der Waals surface area contributed by atoms with Gasteiger partial charge in [-0.05, 0) is 77.0 Å². The van der Waals surface area contributed by atoms with Crippen LogP contribution in [0.15, 0.2) is 48.6 Å². The molecule has 81 heavy (non-hydrogen) atoms. The lowest BCUT2D eigenvalue weighted by Crippen LogP contribution is -2.29. The van der Waals surface area contributed by atoms with E-state index in [0.717, 1.165) is 44.9 Å². The molecule has 0 aromatic heterocycles. The molecule has 3 N–H and O–H groups in total. The van der Waals surface area contributed by atoms with Gasteiger partial charge in [-0.2, -0.15) is 0 Å². The Morgan fingerprint density at radius 2 is 0.642 bits per heavy atom. The zero-order valence-electron chi connectivity index (χ0n) is 53.5. The quantitative estimate of drug-likeness (QED) is 0.0264. The van der Waals surface area contributed by atoms with Crippen molar-refractivity contribution in [2.24, 2.45) is 5.73 Å². The molecule has 0 spiro atoms. The summed E-state index contributed by atoms with van der Waals surface area (Å²) in [5.74, 6) is -0.810. The summed E-state index contributed by atoms with van der Waals surface area (Å²) in [7, 11) is -4.39. The second-order valence-corrected chi connectivity index (χ2v) is 25.2. The van der Waals surface area contributed by atoms with Gasteiger partial charge >= 0.3 is 19.8 Å². The van der Waals surface area contributed by atoms with Crippen molar-refractivity contribution in [1.29, 1.82) is 0 Å². The molecule has 0 aromatic carbocycles. The highest BCUT2D eigenvalue weighted by molar-refractivity contribution is 7.47. The van der Waals surface area contributed by atoms with Crippen LogP contribution in [0.2, 0.25) is 0 Å². The average molecular weight is 1160 g/mol. The van der Waals surface area contributed by atoms with Gasteiger partial charge < -0.3 is 20.1 Å². The Hall–Kier alpha value is -2.03. The van der Waals surface area contributed by atoms with Crippen LogP contribution in [-0.2, 0) is 32.7 Å². The van der Waals surface area contributed by atoms with Crippen LogP contribution < -0.4 is 5.73 Å². The fraction of sp³-hybridized carbons (Fsp3) is 0.859. The normalized spacial score (nSPS) is 13.2. The highest BCUT2D eigenvalue weighted by atomic mass is 31.2. The second-order valence-electron chi connectivity index (χ2n) is 23.7. The summed E-state index contributed by atoms with van der Waals surface area (Å²) in [6.45, 7) is 3.79. The van der Waals surface area contributed by atoms with Gasteiger partial charge in [-0.25, -0.2) is 4.57 Å². The van der Waals surface area contributed by atoms with Crippen molar-refractivity contribution in [2.45, 2.75) is 367 Å². The van der Waals surface area contributed by atoms with E-state index in [1.54, 1.807) is 0 Å². The molecule has 0 heterocycles. The van der Waals surface area contributed by atoms with E-state index in [4.69, 9.17) is 24.3 Å². The fourth-order valence-corrected chi connectivity index (χ4v) is 11.2. The Balaban J connectivity index is 3.81. The first-order valence-electron chi connectivity index (χ1n) is 35.1. The minimum absolute atomic E-state index is 0.0550. The smallest absolute Gasteiger partial charge is 0.462 e. The molecular formula is C71H134NO8P. The van der Waals surface area contributed by atoms with Crippen LogP contribution >= 0.6 is 7.82 Å². The van der Waals surface area contributed by atoms with E-state index in [2.05, 4.69) is 62.5 Å². The van der Waals surface area contributed by atoms with Gasteiger partial charge in [0, 0.05) is 19.4 Å². The van der Waals surface area contributed by atoms with Crippen LogP contribution in [0.1, 0.15) is 361 Å². The lowest BCUT2D eigenvalue weighted by molar-refractivity contribution is -0.161. The molecule has 2 unspecified atom stereocenters. The van der Waals surface area contributed by atoms with E-state index in [1.165, 1.54) is 283 Å². The Morgan fingerprint density at radius 1 is 0.370 bits per heavy atom. The number of phosphoric ester groups is 1.